The van der Waals surface area contributed by atoms with E-state index in [0.717, 1.165) is 12.8 Å². The van der Waals surface area contributed by atoms with Crippen molar-refractivity contribution >= 4 is 17.9 Å². The Morgan fingerprint density at radius 1 is 0.794 bits per heavy atom. The average molecular weight is 486 g/mol. The molecule has 0 aromatic carbocycles. The molecule has 3 unspecified atom stereocenters. The van der Waals surface area contributed by atoms with Crippen LogP contribution in [0.5, 0.6) is 0 Å². The number of likely N-dealkylation sites (N-methyl/N-ethyl adjacent to an activating group) is 1. The van der Waals surface area contributed by atoms with E-state index in [1.54, 1.807) is 6.92 Å². The molecule has 7 heteroatoms. The largest absolute Gasteiger partial charge is 0.481 e. The highest BCUT2D eigenvalue weighted by Crippen LogP contribution is 2.54. The summed E-state index contributed by atoms with van der Waals surface area (Å²) >= 11 is 0. The van der Waals surface area contributed by atoms with Crippen molar-refractivity contribution in [2.24, 2.45) is 21.7 Å². The van der Waals surface area contributed by atoms with Gasteiger partial charge in [0.2, 0.25) is 0 Å². The lowest BCUT2D eigenvalue weighted by Crippen LogP contribution is -2.50. The topological polar surface area (TPSA) is 93.1 Å². The fourth-order valence-corrected chi connectivity index (χ4v) is 4.71. The lowest BCUT2D eigenvalue weighted by atomic mass is 9.55. The van der Waals surface area contributed by atoms with Gasteiger partial charge in [-0.05, 0) is 65.5 Å². The smallest absolute Gasteiger partial charge is 0.311 e. The van der Waals surface area contributed by atoms with Crippen LogP contribution in [0.4, 0.5) is 0 Å². The number of esters is 2. The number of carbonyl (C=O) groups excluding carboxylic acids is 2. The first-order valence-electron chi connectivity index (χ1n) is 12.8. The van der Waals surface area contributed by atoms with Crippen LogP contribution in [0.25, 0.3) is 0 Å². The fraction of sp³-hybridized carbons (Fsp3) is 0.889. The molecule has 0 aromatic rings. The second-order valence-corrected chi connectivity index (χ2v) is 11.6. The number of hydrogen-bond acceptors (Lipinski definition) is 6. The second kappa shape index (κ2) is 13.5. The zero-order valence-corrected chi connectivity index (χ0v) is 23.5. The molecule has 0 saturated heterocycles. The predicted octanol–water partition coefficient (Wildman–Crippen LogP) is 5.55. The van der Waals surface area contributed by atoms with Gasteiger partial charge >= 0.3 is 17.9 Å². The zero-order chi connectivity index (χ0) is 26.8. The molecular formula is C27H51NO6. The molecule has 0 aliphatic rings. The third kappa shape index (κ3) is 8.54. The Kier molecular flexibility index (Phi) is 12.8. The van der Waals surface area contributed by atoms with Gasteiger partial charge in [0.25, 0.3) is 0 Å². The van der Waals surface area contributed by atoms with Gasteiger partial charge in [-0.2, -0.15) is 0 Å². The fourth-order valence-electron chi connectivity index (χ4n) is 4.71. The van der Waals surface area contributed by atoms with Gasteiger partial charge in [-0.3, -0.25) is 14.4 Å². The first kappa shape index (κ1) is 32.4. The van der Waals surface area contributed by atoms with E-state index in [1.165, 1.54) is 0 Å². The van der Waals surface area contributed by atoms with E-state index in [-0.39, 0.29) is 32.0 Å². The highest BCUT2D eigenvalue weighted by atomic mass is 16.5. The molecule has 3 atom stereocenters. The van der Waals surface area contributed by atoms with Crippen LogP contribution in [0.1, 0.15) is 100 Å². The van der Waals surface area contributed by atoms with Gasteiger partial charge < -0.3 is 19.5 Å². The Bertz CT molecular complexity index is 671. The molecule has 34 heavy (non-hydrogen) atoms. The number of rotatable bonds is 16. The van der Waals surface area contributed by atoms with E-state index >= 15 is 0 Å². The standard InChI is InChI=1S/C27H51NO6/c1-11-14-17-33-23(32)26(8,20-27(15-12-2,21(29)30)24(4,5)6)19-25(7,13-3)22(31)34-18-16-28(9)10/h11-20H2,1-10H3,(H,29,30). The van der Waals surface area contributed by atoms with Crippen molar-refractivity contribution in [2.45, 2.75) is 100 Å². The van der Waals surface area contributed by atoms with Crippen molar-refractivity contribution in [2.75, 3.05) is 33.9 Å². The Hall–Kier alpha value is -1.63. The quantitative estimate of drug-likeness (QED) is 0.226. The number of nitrogens with zero attached hydrogens (tertiary/aromatic N) is 1. The van der Waals surface area contributed by atoms with E-state index in [1.807, 2.05) is 67.5 Å². The molecule has 0 rings (SSSR count). The lowest BCUT2D eigenvalue weighted by Gasteiger charge is -2.47. The van der Waals surface area contributed by atoms with Crippen molar-refractivity contribution < 1.29 is 29.0 Å². The first-order valence-corrected chi connectivity index (χ1v) is 12.8. The van der Waals surface area contributed by atoms with E-state index in [9.17, 15) is 19.5 Å². The SMILES string of the molecule is CCCCOC(=O)C(C)(CC(C)(CC)C(=O)OCCN(C)C)CC(CCC)(C(=O)O)C(C)(C)C. The molecular weight excluding hydrogens is 434 g/mol. The number of ether oxygens (including phenoxy) is 2. The summed E-state index contributed by atoms with van der Waals surface area (Å²) in [7, 11) is 3.81. The minimum absolute atomic E-state index is 0.0954. The van der Waals surface area contributed by atoms with Gasteiger partial charge in [0.05, 0.1) is 22.9 Å². The number of aliphatic carboxylic acids is 1. The van der Waals surface area contributed by atoms with E-state index in [2.05, 4.69) is 0 Å². The molecule has 0 aliphatic carbocycles. The van der Waals surface area contributed by atoms with Gasteiger partial charge in [0.1, 0.15) is 6.61 Å². The van der Waals surface area contributed by atoms with Crippen molar-refractivity contribution in [3.63, 3.8) is 0 Å². The highest BCUT2D eigenvalue weighted by molar-refractivity contribution is 5.82. The maximum atomic E-state index is 13.5. The molecule has 0 bridgehead atoms. The van der Waals surface area contributed by atoms with Crippen LogP contribution in [-0.2, 0) is 23.9 Å². The van der Waals surface area contributed by atoms with Crippen molar-refractivity contribution in [3.05, 3.63) is 0 Å². The molecule has 0 saturated carbocycles. The molecule has 0 heterocycles. The molecule has 1 N–H and O–H groups in total. The van der Waals surface area contributed by atoms with Crippen LogP contribution in [0.3, 0.4) is 0 Å². The number of carboxylic acid groups (broad SMARTS) is 1. The first-order chi connectivity index (χ1) is 15.5. The van der Waals surface area contributed by atoms with E-state index in [4.69, 9.17) is 9.47 Å². The molecule has 200 valence electrons. The lowest BCUT2D eigenvalue weighted by molar-refractivity contribution is -0.173. The summed E-state index contributed by atoms with van der Waals surface area (Å²) < 4.78 is 11.2. The van der Waals surface area contributed by atoms with Crippen molar-refractivity contribution in [1.29, 1.82) is 0 Å². The minimum Gasteiger partial charge on any atom is -0.481 e. The molecule has 0 amide bonds. The maximum absolute atomic E-state index is 13.5. The van der Waals surface area contributed by atoms with Gasteiger partial charge in [0.15, 0.2) is 0 Å². The summed E-state index contributed by atoms with van der Waals surface area (Å²) in [5, 5.41) is 10.4. The van der Waals surface area contributed by atoms with Crippen LogP contribution in [0.15, 0.2) is 0 Å². The summed E-state index contributed by atoms with van der Waals surface area (Å²) in [6.07, 6.45) is 3.44. The van der Waals surface area contributed by atoms with Crippen LogP contribution in [0.2, 0.25) is 0 Å². The number of carbonyl (C=O) groups is 3. The number of carboxylic acids is 1. The van der Waals surface area contributed by atoms with Crippen LogP contribution in [0, 0.1) is 21.7 Å². The van der Waals surface area contributed by atoms with E-state index < -0.39 is 33.6 Å². The third-order valence-corrected chi connectivity index (χ3v) is 7.26. The summed E-state index contributed by atoms with van der Waals surface area (Å²) in [5.41, 5.74) is -3.86. The average Bonchev–Trinajstić information content (AvgIpc) is 2.71. The van der Waals surface area contributed by atoms with Crippen LogP contribution >= 0.6 is 0 Å². The minimum atomic E-state index is -1.17. The third-order valence-electron chi connectivity index (χ3n) is 7.26. The Balaban J connectivity index is 6.34. The molecule has 0 fully saturated rings. The summed E-state index contributed by atoms with van der Waals surface area (Å²) in [4.78, 5) is 41.3. The predicted molar refractivity (Wildman–Crippen MR) is 136 cm³/mol. The second-order valence-electron chi connectivity index (χ2n) is 11.6. The van der Waals surface area contributed by atoms with Gasteiger partial charge in [-0.15, -0.1) is 0 Å². The van der Waals surface area contributed by atoms with Crippen LogP contribution < -0.4 is 0 Å². The normalized spacial score (nSPS) is 17.4. The number of hydrogen-bond donors (Lipinski definition) is 1. The van der Waals surface area contributed by atoms with Gasteiger partial charge in [0, 0.05) is 6.54 Å². The molecule has 0 aromatic heterocycles. The van der Waals surface area contributed by atoms with Crippen LogP contribution in [-0.4, -0.2) is 61.8 Å². The monoisotopic (exact) mass is 485 g/mol. The van der Waals surface area contributed by atoms with Crippen molar-refractivity contribution in [1.82, 2.24) is 4.90 Å². The highest BCUT2D eigenvalue weighted by Gasteiger charge is 2.56. The summed E-state index contributed by atoms with van der Waals surface area (Å²) in [5.74, 6) is -1.72. The zero-order valence-electron chi connectivity index (χ0n) is 23.5. The molecule has 0 aliphatic heterocycles. The number of unbranched alkanes of at least 4 members (excludes halogenated alkanes) is 1. The maximum Gasteiger partial charge on any atom is 0.311 e. The Morgan fingerprint density at radius 2 is 1.32 bits per heavy atom. The van der Waals surface area contributed by atoms with Crippen molar-refractivity contribution in [3.8, 4) is 0 Å². The molecule has 0 radical (unpaired) electrons. The van der Waals surface area contributed by atoms with Gasteiger partial charge in [-0.1, -0.05) is 54.4 Å². The van der Waals surface area contributed by atoms with Gasteiger partial charge in [-0.25, -0.2) is 0 Å². The molecule has 0 spiro atoms. The molecule has 7 nitrogen and oxygen atoms in total. The summed E-state index contributed by atoms with van der Waals surface area (Å²) in [6, 6.07) is 0. The Labute approximate surface area is 207 Å². The van der Waals surface area contributed by atoms with E-state index in [0.29, 0.717) is 25.8 Å². The Morgan fingerprint density at radius 3 is 1.74 bits per heavy atom. The summed E-state index contributed by atoms with van der Waals surface area (Å²) in [6.45, 7) is 16.3.